The molecule has 2 heteroatoms. The fraction of sp³-hybridized carbons (Fsp3) is 0.263. The Morgan fingerprint density at radius 3 is 2.57 bits per heavy atom. The molecule has 1 aromatic heterocycles. The van der Waals surface area contributed by atoms with Crippen LogP contribution in [0.2, 0.25) is 0 Å². The molecular formula is C19H21NO. The molecule has 0 bridgehead atoms. The molecule has 0 saturated carbocycles. The fourth-order valence-corrected chi connectivity index (χ4v) is 3.05. The van der Waals surface area contributed by atoms with Gasteiger partial charge in [0.25, 0.3) is 0 Å². The quantitative estimate of drug-likeness (QED) is 0.745. The van der Waals surface area contributed by atoms with Crippen LogP contribution in [0.15, 0.2) is 53.1 Å². The van der Waals surface area contributed by atoms with Crippen LogP contribution >= 0.6 is 0 Å². The average molecular weight is 279 g/mol. The number of furan rings is 1. The molecule has 0 saturated heterocycles. The van der Waals surface area contributed by atoms with E-state index >= 15 is 0 Å². The molecule has 1 unspecified atom stereocenters. The number of nitrogens with one attached hydrogen (secondary N) is 1. The van der Waals surface area contributed by atoms with E-state index in [1.54, 1.807) is 6.26 Å². The van der Waals surface area contributed by atoms with Gasteiger partial charge in [-0.25, -0.2) is 0 Å². The van der Waals surface area contributed by atoms with Crippen LogP contribution in [0.3, 0.4) is 0 Å². The van der Waals surface area contributed by atoms with Crippen LogP contribution in [-0.4, -0.2) is 6.54 Å². The highest BCUT2D eigenvalue weighted by atomic mass is 16.3. The van der Waals surface area contributed by atoms with Crippen molar-refractivity contribution in [1.82, 2.24) is 5.32 Å². The van der Waals surface area contributed by atoms with Crippen molar-refractivity contribution in [3.05, 3.63) is 71.2 Å². The van der Waals surface area contributed by atoms with Crippen LogP contribution in [0, 0.1) is 13.8 Å². The van der Waals surface area contributed by atoms with Crippen LogP contribution < -0.4 is 5.32 Å². The second kappa shape index (κ2) is 5.74. The Balaban J connectivity index is 2.24. The molecule has 1 heterocycles. The van der Waals surface area contributed by atoms with Gasteiger partial charge in [-0.05, 0) is 48.4 Å². The first-order chi connectivity index (χ1) is 10.2. The molecule has 0 aliphatic rings. The van der Waals surface area contributed by atoms with Gasteiger partial charge in [-0.15, -0.1) is 0 Å². The maximum absolute atomic E-state index is 5.53. The van der Waals surface area contributed by atoms with Crippen LogP contribution in [-0.2, 0) is 0 Å². The lowest BCUT2D eigenvalue weighted by Gasteiger charge is -2.22. The van der Waals surface area contributed by atoms with Gasteiger partial charge in [0, 0.05) is 5.56 Å². The SMILES string of the molecule is CCNC(c1ccoc1C)c1c(C)ccc2ccccc12. The molecule has 0 radical (unpaired) electrons. The lowest BCUT2D eigenvalue weighted by Crippen LogP contribution is -2.23. The van der Waals surface area contributed by atoms with E-state index in [2.05, 4.69) is 61.6 Å². The van der Waals surface area contributed by atoms with E-state index in [-0.39, 0.29) is 6.04 Å². The first-order valence-corrected chi connectivity index (χ1v) is 7.48. The molecule has 1 atom stereocenters. The van der Waals surface area contributed by atoms with Gasteiger partial charge >= 0.3 is 0 Å². The van der Waals surface area contributed by atoms with Crippen molar-refractivity contribution in [3.63, 3.8) is 0 Å². The van der Waals surface area contributed by atoms with E-state index in [1.165, 1.54) is 27.5 Å². The Morgan fingerprint density at radius 2 is 1.86 bits per heavy atom. The topological polar surface area (TPSA) is 25.2 Å². The summed E-state index contributed by atoms with van der Waals surface area (Å²) in [5, 5.41) is 6.20. The number of hydrogen-bond acceptors (Lipinski definition) is 2. The van der Waals surface area contributed by atoms with E-state index in [0.717, 1.165) is 12.3 Å². The molecule has 0 spiro atoms. The van der Waals surface area contributed by atoms with Gasteiger partial charge < -0.3 is 9.73 Å². The molecule has 1 N–H and O–H groups in total. The summed E-state index contributed by atoms with van der Waals surface area (Å²) < 4.78 is 5.53. The van der Waals surface area contributed by atoms with Crippen molar-refractivity contribution in [2.24, 2.45) is 0 Å². The summed E-state index contributed by atoms with van der Waals surface area (Å²) in [6.45, 7) is 7.27. The number of fused-ring (bicyclic) bond motifs is 1. The van der Waals surface area contributed by atoms with Gasteiger partial charge in [-0.2, -0.15) is 0 Å². The van der Waals surface area contributed by atoms with Crippen LogP contribution in [0.1, 0.15) is 35.4 Å². The third-order valence-electron chi connectivity index (χ3n) is 4.10. The van der Waals surface area contributed by atoms with Crippen LogP contribution in [0.4, 0.5) is 0 Å². The maximum atomic E-state index is 5.53. The summed E-state index contributed by atoms with van der Waals surface area (Å²) in [7, 11) is 0. The second-order valence-electron chi connectivity index (χ2n) is 5.44. The van der Waals surface area contributed by atoms with E-state index in [1.807, 2.05) is 6.92 Å². The summed E-state index contributed by atoms with van der Waals surface area (Å²) in [4.78, 5) is 0. The number of rotatable bonds is 4. The van der Waals surface area contributed by atoms with Crippen molar-refractivity contribution >= 4 is 10.8 Å². The van der Waals surface area contributed by atoms with Gasteiger partial charge in [-0.1, -0.05) is 43.3 Å². The molecule has 0 fully saturated rings. The molecule has 21 heavy (non-hydrogen) atoms. The average Bonchev–Trinajstić information content (AvgIpc) is 2.91. The summed E-state index contributed by atoms with van der Waals surface area (Å²) in [5.41, 5.74) is 3.87. The molecule has 3 rings (SSSR count). The highest BCUT2D eigenvalue weighted by Gasteiger charge is 2.20. The molecule has 0 aliphatic carbocycles. The van der Waals surface area contributed by atoms with Gasteiger partial charge in [0.15, 0.2) is 0 Å². The minimum absolute atomic E-state index is 0.167. The molecule has 108 valence electrons. The summed E-state index contributed by atoms with van der Waals surface area (Å²) in [5.74, 6) is 0.980. The Hall–Kier alpha value is -2.06. The zero-order chi connectivity index (χ0) is 14.8. The third-order valence-corrected chi connectivity index (χ3v) is 4.10. The van der Waals surface area contributed by atoms with Crippen molar-refractivity contribution in [2.45, 2.75) is 26.8 Å². The number of hydrogen-bond donors (Lipinski definition) is 1. The maximum Gasteiger partial charge on any atom is 0.105 e. The van der Waals surface area contributed by atoms with Gasteiger partial charge in [-0.3, -0.25) is 0 Å². The van der Waals surface area contributed by atoms with E-state index < -0.39 is 0 Å². The molecule has 2 aromatic carbocycles. The fourth-order valence-electron chi connectivity index (χ4n) is 3.05. The van der Waals surface area contributed by atoms with Crippen LogP contribution in [0.25, 0.3) is 10.8 Å². The van der Waals surface area contributed by atoms with Crippen molar-refractivity contribution in [1.29, 1.82) is 0 Å². The minimum Gasteiger partial charge on any atom is -0.469 e. The first-order valence-electron chi connectivity index (χ1n) is 7.48. The Morgan fingerprint density at radius 1 is 1.05 bits per heavy atom. The summed E-state index contributed by atoms with van der Waals surface area (Å²) in [6, 6.07) is 15.2. The lowest BCUT2D eigenvalue weighted by atomic mass is 9.90. The Kier molecular flexibility index (Phi) is 3.80. The zero-order valence-corrected chi connectivity index (χ0v) is 12.8. The van der Waals surface area contributed by atoms with Gasteiger partial charge in [0.05, 0.1) is 12.3 Å². The zero-order valence-electron chi connectivity index (χ0n) is 12.8. The predicted octanol–water partition coefficient (Wildman–Crippen LogP) is 4.75. The highest BCUT2D eigenvalue weighted by molar-refractivity contribution is 5.87. The van der Waals surface area contributed by atoms with Crippen molar-refractivity contribution in [2.75, 3.05) is 6.54 Å². The highest BCUT2D eigenvalue weighted by Crippen LogP contribution is 2.33. The second-order valence-corrected chi connectivity index (χ2v) is 5.44. The summed E-state index contributed by atoms with van der Waals surface area (Å²) in [6.07, 6.45) is 1.77. The Labute approximate surface area is 125 Å². The minimum atomic E-state index is 0.167. The van der Waals surface area contributed by atoms with E-state index in [0.29, 0.717) is 0 Å². The number of aryl methyl sites for hydroxylation is 2. The lowest BCUT2D eigenvalue weighted by molar-refractivity contribution is 0.520. The van der Waals surface area contributed by atoms with Gasteiger partial charge in [0.1, 0.15) is 5.76 Å². The largest absolute Gasteiger partial charge is 0.469 e. The first kappa shape index (κ1) is 13.9. The molecule has 2 nitrogen and oxygen atoms in total. The number of benzene rings is 2. The van der Waals surface area contributed by atoms with E-state index in [9.17, 15) is 0 Å². The summed E-state index contributed by atoms with van der Waals surface area (Å²) >= 11 is 0. The van der Waals surface area contributed by atoms with Crippen LogP contribution in [0.5, 0.6) is 0 Å². The molecule has 3 aromatic rings. The van der Waals surface area contributed by atoms with Crippen molar-refractivity contribution < 1.29 is 4.42 Å². The van der Waals surface area contributed by atoms with E-state index in [4.69, 9.17) is 4.42 Å². The smallest absolute Gasteiger partial charge is 0.105 e. The van der Waals surface area contributed by atoms with Gasteiger partial charge in [0.2, 0.25) is 0 Å². The normalized spacial score (nSPS) is 12.7. The predicted molar refractivity (Wildman–Crippen MR) is 87.6 cm³/mol. The molecule has 0 amide bonds. The standard InChI is InChI=1S/C19H21NO/c1-4-20-19(16-11-12-21-14(16)3)18-13(2)9-10-15-7-5-6-8-17(15)18/h5-12,19-20H,4H2,1-3H3. The third kappa shape index (κ3) is 2.47. The monoisotopic (exact) mass is 279 g/mol. The Bertz CT molecular complexity index is 757. The molecular weight excluding hydrogens is 258 g/mol. The van der Waals surface area contributed by atoms with Crippen molar-refractivity contribution in [3.8, 4) is 0 Å². The molecule has 0 aliphatic heterocycles.